The van der Waals surface area contributed by atoms with Gasteiger partial charge in [0.1, 0.15) is 23.2 Å². The minimum atomic E-state index is -3.57. The van der Waals surface area contributed by atoms with Crippen LogP contribution in [0.2, 0.25) is 0 Å². The summed E-state index contributed by atoms with van der Waals surface area (Å²) in [5.74, 6) is -2.70. The Kier molecular flexibility index (Phi) is 9.06. The standard InChI is InChI=1S/C35H39F5O/c1-3-4-27-13-14-28(19-31(27)36)34-32(37)20-30(21-33(34)38)41-35(39,40)29-17-15-26(16-18-29)25-11-9-24(10-12-25)23-7-5-22(2)6-8-23/h9-14,19-23,26,29H,3-8,15-18H2,1-2H3. The first kappa shape index (κ1) is 29.6. The van der Waals surface area contributed by atoms with Crippen molar-refractivity contribution in [3.05, 3.63) is 88.7 Å². The van der Waals surface area contributed by atoms with Crippen LogP contribution in [0, 0.1) is 29.3 Å². The van der Waals surface area contributed by atoms with Crippen molar-refractivity contribution in [2.45, 2.75) is 96.0 Å². The van der Waals surface area contributed by atoms with Crippen LogP contribution in [0.5, 0.6) is 5.75 Å². The van der Waals surface area contributed by atoms with E-state index in [0.29, 0.717) is 30.7 Å². The molecule has 2 saturated carbocycles. The highest BCUT2D eigenvalue weighted by Gasteiger charge is 2.44. The van der Waals surface area contributed by atoms with Crippen LogP contribution < -0.4 is 4.74 Å². The molecule has 0 radical (unpaired) electrons. The van der Waals surface area contributed by atoms with Gasteiger partial charge in [-0.25, -0.2) is 13.2 Å². The largest absolute Gasteiger partial charge is 0.432 e. The molecular formula is C35H39F5O. The third kappa shape index (κ3) is 6.79. The molecule has 0 aromatic heterocycles. The van der Waals surface area contributed by atoms with Gasteiger partial charge in [-0.1, -0.05) is 69.5 Å². The van der Waals surface area contributed by atoms with Crippen molar-refractivity contribution in [3.63, 3.8) is 0 Å². The van der Waals surface area contributed by atoms with E-state index in [4.69, 9.17) is 4.74 Å². The van der Waals surface area contributed by atoms with Crippen molar-refractivity contribution in [1.82, 2.24) is 0 Å². The van der Waals surface area contributed by atoms with Crippen LogP contribution in [0.15, 0.2) is 54.6 Å². The Labute approximate surface area is 240 Å². The fourth-order valence-corrected chi connectivity index (χ4v) is 6.70. The third-order valence-electron chi connectivity index (χ3n) is 9.23. The molecule has 0 heterocycles. The summed E-state index contributed by atoms with van der Waals surface area (Å²) in [5.41, 5.74) is 2.55. The number of ether oxygens (including phenoxy) is 1. The number of hydrogen-bond acceptors (Lipinski definition) is 1. The molecule has 0 unspecified atom stereocenters. The lowest BCUT2D eigenvalue weighted by Crippen LogP contribution is -2.37. The molecule has 41 heavy (non-hydrogen) atoms. The average molecular weight is 571 g/mol. The van der Waals surface area contributed by atoms with E-state index in [2.05, 4.69) is 31.2 Å². The topological polar surface area (TPSA) is 9.23 Å². The fraction of sp³-hybridized carbons (Fsp3) is 0.486. The van der Waals surface area contributed by atoms with Crippen molar-refractivity contribution >= 4 is 0 Å². The Bertz CT molecular complexity index is 1300. The molecule has 3 aromatic rings. The van der Waals surface area contributed by atoms with Gasteiger partial charge in [0.05, 0.1) is 11.5 Å². The third-order valence-corrected chi connectivity index (χ3v) is 9.23. The van der Waals surface area contributed by atoms with Gasteiger partial charge in [-0.3, -0.25) is 0 Å². The maximum absolute atomic E-state index is 15.2. The molecule has 0 spiro atoms. The summed E-state index contributed by atoms with van der Waals surface area (Å²) < 4.78 is 79.4. The highest BCUT2D eigenvalue weighted by Crippen LogP contribution is 2.44. The zero-order valence-electron chi connectivity index (χ0n) is 23.9. The van der Waals surface area contributed by atoms with Crippen LogP contribution in [0.25, 0.3) is 11.1 Å². The smallest absolute Gasteiger partial charge is 0.400 e. The minimum absolute atomic E-state index is 0.00959. The quantitative estimate of drug-likeness (QED) is 0.245. The monoisotopic (exact) mass is 570 g/mol. The van der Waals surface area contributed by atoms with Crippen molar-refractivity contribution < 1.29 is 26.7 Å². The summed E-state index contributed by atoms with van der Waals surface area (Å²) in [5, 5.41) is 0. The van der Waals surface area contributed by atoms with Gasteiger partial charge in [0.25, 0.3) is 0 Å². The first-order valence-electron chi connectivity index (χ1n) is 15.1. The van der Waals surface area contributed by atoms with E-state index in [-0.39, 0.29) is 24.3 Å². The second kappa shape index (κ2) is 12.5. The lowest BCUT2D eigenvalue weighted by atomic mass is 9.76. The van der Waals surface area contributed by atoms with E-state index >= 15 is 8.78 Å². The van der Waals surface area contributed by atoms with Crippen LogP contribution in [-0.2, 0) is 6.42 Å². The molecule has 5 rings (SSSR count). The van der Waals surface area contributed by atoms with Gasteiger partial charge in [0.15, 0.2) is 0 Å². The molecule has 1 nitrogen and oxygen atoms in total. The lowest BCUT2D eigenvalue weighted by molar-refractivity contribution is -0.222. The number of rotatable bonds is 8. The first-order chi connectivity index (χ1) is 19.6. The molecule has 3 aromatic carbocycles. The second-order valence-corrected chi connectivity index (χ2v) is 12.2. The Morgan fingerprint density at radius 3 is 1.76 bits per heavy atom. The number of aryl methyl sites for hydroxylation is 1. The van der Waals surface area contributed by atoms with Crippen LogP contribution in [0.4, 0.5) is 22.0 Å². The van der Waals surface area contributed by atoms with Crippen LogP contribution in [-0.4, -0.2) is 6.11 Å². The predicted octanol–water partition coefficient (Wildman–Crippen LogP) is 11.0. The summed E-state index contributed by atoms with van der Waals surface area (Å²) in [6, 6.07) is 14.2. The van der Waals surface area contributed by atoms with E-state index < -0.39 is 40.8 Å². The van der Waals surface area contributed by atoms with Crippen molar-refractivity contribution in [2.75, 3.05) is 0 Å². The van der Waals surface area contributed by atoms with E-state index in [1.54, 1.807) is 0 Å². The van der Waals surface area contributed by atoms with Crippen LogP contribution in [0.3, 0.4) is 0 Å². The van der Waals surface area contributed by atoms with E-state index in [9.17, 15) is 13.2 Å². The summed E-state index contributed by atoms with van der Waals surface area (Å²) in [6.45, 7) is 4.22. The van der Waals surface area contributed by atoms with Gasteiger partial charge in [-0.05, 0) is 91.0 Å². The molecule has 6 heteroatoms. The normalized spacial score (nSPS) is 23.4. The Morgan fingerprint density at radius 2 is 1.24 bits per heavy atom. The molecule has 0 N–H and O–H groups in total. The van der Waals surface area contributed by atoms with Crippen molar-refractivity contribution in [3.8, 4) is 16.9 Å². The summed E-state index contributed by atoms with van der Waals surface area (Å²) >= 11 is 0. The van der Waals surface area contributed by atoms with Gasteiger partial charge in [-0.15, -0.1) is 0 Å². The molecule has 0 amide bonds. The number of hydrogen-bond donors (Lipinski definition) is 0. The van der Waals surface area contributed by atoms with Crippen molar-refractivity contribution in [1.29, 1.82) is 0 Å². The molecular weight excluding hydrogens is 531 g/mol. The molecule has 2 aliphatic carbocycles. The van der Waals surface area contributed by atoms with E-state index in [0.717, 1.165) is 30.5 Å². The molecule has 0 aliphatic heterocycles. The van der Waals surface area contributed by atoms with Crippen LogP contribution in [0.1, 0.15) is 100 Å². The van der Waals surface area contributed by atoms with E-state index in [1.807, 2.05) is 6.92 Å². The Balaban J connectivity index is 1.20. The SMILES string of the molecule is CCCc1ccc(-c2c(F)cc(OC(F)(F)C3CCC(c4ccc(C5CCC(C)CC5)cc4)CC3)cc2F)cc1F. The van der Waals surface area contributed by atoms with Crippen LogP contribution >= 0.6 is 0 Å². The number of halogens is 5. The lowest BCUT2D eigenvalue weighted by Gasteiger charge is -2.33. The van der Waals surface area contributed by atoms with Gasteiger partial charge in [0, 0.05) is 12.1 Å². The zero-order chi connectivity index (χ0) is 29.1. The van der Waals surface area contributed by atoms with Gasteiger partial charge in [-0.2, -0.15) is 8.78 Å². The van der Waals surface area contributed by atoms with Gasteiger partial charge >= 0.3 is 6.11 Å². The highest BCUT2D eigenvalue weighted by molar-refractivity contribution is 5.66. The molecule has 0 saturated heterocycles. The predicted molar refractivity (Wildman–Crippen MR) is 153 cm³/mol. The Hall–Kier alpha value is -2.89. The molecule has 2 fully saturated rings. The summed E-state index contributed by atoms with van der Waals surface area (Å²) in [4.78, 5) is 0. The number of benzene rings is 3. The van der Waals surface area contributed by atoms with Crippen molar-refractivity contribution in [2.24, 2.45) is 11.8 Å². The summed E-state index contributed by atoms with van der Waals surface area (Å²) in [6.07, 6.45) is 4.37. The average Bonchev–Trinajstić information content (AvgIpc) is 2.94. The molecule has 0 bridgehead atoms. The fourth-order valence-electron chi connectivity index (χ4n) is 6.70. The Morgan fingerprint density at radius 1 is 0.707 bits per heavy atom. The van der Waals surface area contributed by atoms with Gasteiger partial charge < -0.3 is 4.74 Å². The van der Waals surface area contributed by atoms with E-state index in [1.165, 1.54) is 48.9 Å². The maximum atomic E-state index is 15.2. The number of alkyl halides is 2. The zero-order valence-corrected chi connectivity index (χ0v) is 23.9. The molecule has 2 aliphatic rings. The second-order valence-electron chi connectivity index (χ2n) is 12.2. The molecule has 0 atom stereocenters. The molecule has 220 valence electrons. The summed E-state index contributed by atoms with van der Waals surface area (Å²) in [7, 11) is 0. The first-order valence-corrected chi connectivity index (χ1v) is 15.1. The minimum Gasteiger partial charge on any atom is -0.432 e. The van der Waals surface area contributed by atoms with Gasteiger partial charge in [0.2, 0.25) is 0 Å². The highest BCUT2D eigenvalue weighted by atomic mass is 19.3. The maximum Gasteiger partial charge on any atom is 0.400 e.